The number of amides is 1. The Morgan fingerprint density at radius 2 is 1.87 bits per heavy atom. The average molecular weight is 308 g/mol. The third-order valence-corrected chi connectivity index (χ3v) is 4.84. The summed E-state index contributed by atoms with van der Waals surface area (Å²) in [5.41, 5.74) is 0.0488. The van der Waals surface area contributed by atoms with Gasteiger partial charge in [0.2, 0.25) is 5.91 Å². The number of phenols is 1. The number of ketones is 1. The van der Waals surface area contributed by atoms with Gasteiger partial charge in [0.05, 0.1) is 11.3 Å². The maximum atomic E-state index is 13.2. The van der Waals surface area contributed by atoms with Gasteiger partial charge in [0, 0.05) is 12.3 Å². The van der Waals surface area contributed by atoms with Gasteiger partial charge in [0.25, 0.3) is 0 Å². The number of carbonyl (C=O) groups excluding carboxylic acids is 2. The molecule has 0 saturated heterocycles. The topological polar surface area (TPSA) is 70.5 Å². The van der Waals surface area contributed by atoms with E-state index in [0.717, 1.165) is 12.8 Å². The minimum atomic E-state index is -0.971. The predicted octanol–water partition coefficient (Wildman–Crippen LogP) is 3.21. The number of Topliss-reactive ketones (excluding diaryl/α,β-unsaturated/α-hetero) is 1. The molecule has 4 rings (SSSR count). The molecular weight excluding hydrogens is 292 g/mol. The monoisotopic (exact) mass is 308 g/mol. The highest BCUT2D eigenvalue weighted by Crippen LogP contribution is 2.49. The second-order valence-corrected chi connectivity index (χ2v) is 6.15. The van der Waals surface area contributed by atoms with Gasteiger partial charge in [-0.1, -0.05) is 18.9 Å². The van der Waals surface area contributed by atoms with Gasteiger partial charge in [-0.2, -0.15) is 0 Å². The molecule has 2 heterocycles. The third kappa shape index (κ3) is 1.89. The van der Waals surface area contributed by atoms with E-state index in [1.165, 1.54) is 11.0 Å². The molecule has 1 aliphatic carbocycles. The molecule has 1 aromatic carbocycles. The van der Waals surface area contributed by atoms with Crippen molar-refractivity contribution < 1.29 is 14.7 Å². The molecule has 1 aromatic heterocycles. The highest BCUT2D eigenvalue weighted by molar-refractivity contribution is 6.26. The molecule has 2 aliphatic rings. The standard InChI is InChI=1S/C18H16N2O3/c21-13-6-3-5-12(11-13)20-16-14(7-4-10-19-16)15(22)18(17(20)23)8-1-2-9-18/h3-7,10-11,21H,1-2,8-9H2. The van der Waals surface area contributed by atoms with Crippen LogP contribution in [-0.2, 0) is 4.79 Å². The van der Waals surface area contributed by atoms with Crippen LogP contribution in [0, 0.1) is 5.41 Å². The first-order chi connectivity index (χ1) is 11.1. The van der Waals surface area contributed by atoms with E-state index in [2.05, 4.69) is 4.98 Å². The first-order valence-corrected chi connectivity index (χ1v) is 7.77. The molecule has 1 aliphatic heterocycles. The highest BCUT2D eigenvalue weighted by atomic mass is 16.3. The number of anilines is 2. The van der Waals surface area contributed by atoms with Gasteiger partial charge in [0.1, 0.15) is 11.2 Å². The van der Waals surface area contributed by atoms with Gasteiger partial charge in [-0.05, 0) is 37.1 Å². The molecule has 116 valence electrons. The minimum Gasteiger partial charge on any atom is -0.508 e. The van der Waals surface area contributed by atoms with Crippen molar-refractivity contribution >= 4 is 23.2 Å². The minimum absolute atomic E-state index is 0.0742. The van der Waals surface area contributed by atoms with Crippen LogP contribution in [0.1, 0.15) is 36.0 Å². The van der Waals surface area contributed by atoms with Crippen molar-refractivity contribution in [2.45, 2.75) is 25.7 Å². The lowest BCUT2D eigenvalue weighted by atomic mass is 9.75. The molecule has 1 amide bonds. The number of carbonyl (C=O) groups is 2. The molecule has 2 aromatic rings. The van der Waals surface area contributed by atoms with E-state index in [0.29, 0.717) is 29.9 Å². The summed E-state index contributed by atoms with van der Waals surface area (Å²) in [7, 11) is 0. The zero-order chi connectivity index (χ0) is 16.0. The first-order valence-electron chi connectivity index (χ1n) is 7.77. The summed E-state index contributed by atoms with van der Waals surface area (Å²) in [5.74, 6) is 0.0899. The Labute approximate surface area is 133 Å². The lowest BCUT2D eigenvalue weighted by Crippen LogP contribution is -2.50. The van der Waals surface area contributed by atoms with Gasteiger partial charge < -0.3 is 5.11 Å². The molecule has 1 spiro atoms. The van der Waals surface area contributed by atoms with Crippen molar-refractivity contribution in [3.05, 3.63) is 48.2 Å². The number of nitrogens with zero attached hydrogens (tertiary/aromatic N) is 2. The van der Waals surface area contributed by atoms with Gasteiger partial charge in [-0.3, -0.25) is 14.5 Å². The maximum absolute atomic E-state index is 13.2. The second-order valence-electron chi connectivity index (χ2n) is 6.15. The second kappa shape index (κ2) is 4.91. The predicted molar refractivity (Wildman–Crippen MR) is 84.7 cm³/mol. The van der Waals surface area contributed by atoms with Crippen LogP contribution in [0.15, 0.2) is 42.6 Å². The lowest BCUT2D eigenvalue weighted by molar-refractivity contribution is -0.125. The van der Waals surface area contributed by atoms with Crippen LogP contribution < -0.4 is 4.90 Å². The van der Waals surface area contributed by atoms with Crippen molar-refractivity contribution in [2.75, 3.05) is 4.90 Å². The van der Waals surface area contributed by atoms with Crippen LogP contribution in [0.25, 0.3) is 0 Å². The summed E-state index contributed by atoms with van der Waals surface area (Å²) in [5, 5.41) is 9.76. The molecular formula is C18H16N2O3. The summed E-state index contributed by atoms with van der Waals surface area (Å²) in [6, 6.07) is 9.94. The number of pyridine rings is 1. The Morgan fingerprint density at radius 3 is 2.61 bits per heavy atom. The van der Waals surface area contributed by atoms with Crippen LogP contribution in [-0.4, -0.2) is 21.8 Å². The van der Waals surface area contributed by atoms with Gasteiger partial charge >= 0.3 is 0 Å². The van der Waals surface area contributed by atoms with E-state index >= 15 is 0 Å². The van der Waals surface area contributed by atoms with Crippen LogP contribution in [0.5, 0.6) is 5.75 Å². The number of aromatic hydroxyl groups is 1. The quantitative estimate of drug-likeness (QED) is 0.821. The largest absolute Gasteiger partial charge is 0.508 e. The summed E-state index contributed by atoms with van der Waals surface area (Å²) in [4.78, 5) is 31.9. The van der Waals surface area contributed by atoms with E-state index in [4.69, 9.17) is 0 Å². The SMILES string of the molecule is O=C1c2cccnc2N(c2cccc(O)c2)C(=O)C12CCCC2. The number of hydrogen-bond donors (Lipinski definition) is 1. The van der Waals surface area contributed by atoms with E-state index in [1.54, 1.807) is 36.5 Å². The van der Waals surface area contributed by atoms with Gasteiger partial charge in [0.15, 0.2) is 11.6 Å². The number of phenolic OH excluding ortho intramolecular Hbond substituents is 1. The van der Waals surface area contributed by atoms with Crippen molar-refractivity contribution in [3.63, 3.8) is 0 Å². The van der Waals surface area contributed by atoms with Crippen LogP contribution in [0.4, 0.5) is 11.5 Å². The summed E-state index contributed by atoms with van der Waals surface area (Å²) in [6.07, 6.45) is 4.48. The molecule has 1 N–H and O–H groups in total. The normalized spacial score (nSPS) is 19.2. The van der Waals surface area contributed by atoms with Crippen LogP contribution in [0.2, 0.25) is 0 Å². The molecule has 1 fully saturated rings. The molecule has 1 saturated carbocycles. The van der Waals surface area contributed by atoms with E-state index in [-0.39, 0.29) is 17.4 Å². The summed E-state index contributed by atoms with van der Waals surface area (Å²) < 4.78 is 0. The lowest BCUT2D eigenvalue weighted by Gasteiger charge is -2.38. The van der Waals surface area contributed by atoms with Crippen molar-refractivity contribution in [2.24, 2.45) is 5.41 Å². The Kier molecular flexibility index (Phi) is 2.98. The molecule has 0 radical (unpaired) electrons. The highest BCUT2D eigenvalue weighted by Gasteiger charge is 2.54. The fourth-order valence-electron chi connectivity index (χ4n) is 3.71. The molecule has 5 nitrogen and oxygen atoms in total. The maximum Gasteiger partial charge on any atom is 0.246 e. The van der Waals surface area contributed by atoms with Crippen molar-refractivity contribution in [3.8, 4) is 5.75 Å². The molecule has 0 atom stereocenters. The molecule has 0 bridgehead atoms. The van der Waals surface area contributed by atoms with E-state index in [1.807, 2.05) is 0 Å². The Morgan fingerprint density at radius 1 is 1.09 bits per heavy atom. The summed E-state index contributed by atoms with van der Waals surface area (Å²) >= 11 is 0. The third-order valence-electron chi connectivity index (χ3n) is 4.84. The molecule has 0 unspecified atom stereocenters. The number of aromatic nitrogens is 1. The first kappa shape index (κ1) is 13.9. The van der Waals surface area contributed by atoms with Crippen LogP contribution in [0.3, 0.4) is 0 Å². The van der Waals surface area contributed by atoms with Gasteiger partial charge in [-0.15, -0.1) is 0 Å². The zero-order valence-corrected chi connectivity index (χ0v) is 12.5. The number of hydrogen-bond acceptors (Lipinski definition) is 4. The number of benzene rings is 1. The molecule has 23 heavy (non-hydrogen) atoms. The molecule has 5 heteroatoms. The Bertz CT molecular complexity index is 809. The summed E-state index contributed by atoms with van der Waals surface area (Å²) in [6.45, 7) is 0. The Balaban J connectivity index is 1.95. The van der Waals surface area contributed by atoms with Crippen LogP contribution >= 0.6 is 0 Å². The van der Waals surface area contributed by atoms with Crippen molar-refractivity contribution in [1.82, 2.24) is 4.98 Å². The smallest absolute Gasteiger partial charge is 0.246 e. The van der Waals surface area contributed by atoms with E-state index in [9.17, 15) is 14.7 Å². The fraction of sp³-hybridized carbons (Fsp3) is 0.278. The van der Waals surface area contributed by atoms with Gasteiger partial charge in [-0.25, -0.2) is 4.98 Å². The Hall–Kier alpha value is -2.69. The van der Waals surface area contributed by atoms with Crippen molar-refractivity contribution in [1.29, 1.82) is 0 Å². The average Bonchev–Trinajstić information content (AvgIpc) is 3.05. The fourth-order valence-corrected chi connectivity index (χ4v) is 3.71. The van der Waals surface area contributed by atoms with E-state index < -0.39 is 5.41 Å². The number of fused-ring (bicyclic) bond motifs is 1. The number of rotatable bonds is 1. The zero-order valence-electron chi connectivity index (χ0n) is 12.5.